The Morgan fingerprint density at radius 2 is 0.512 bits per heavy atom. The van der Waals surface area contributed by atoms with E-state index in [1.807, 2.05) is 0 Å². The van der Waals surface area contributed by atoms with Crippen molar-refractivity contribution in [3.63, 3.8) is 0 Å². The van der Waals surface area contributed by atoms with Gasteiger partial charge in [0.1, 0.15) is 13.2 Å². The molecule has 0 radical (unpaired) electrons. The van der Waals surface area contributed by atoms with Crippen molar-refractivity contribution in [3.8, 4) is 0 Å². The molecule has 0 heterocycles. The SMILES string of the molecule is CC/C=C\C/C=C\C/C=C\C/C=C\CCCCCCCCCCCCCCC(=O)OCC(COC(=O)CCCCCCC/C=C\C/C=C\CCC)OC(=O)CCCCCCCCCCCCCCCCCCCCCCCCCC. The predicted molar refractivity (Wildman–Crippen MR) is 348 cm³/mol. The van der Waals surface area contributed by atoms with Gasteiger partial charge in [0, 0.05) is 19.3 Å². The van der Waals surface area contributed by atoms with Crippen LogP contribution in [0.5, 0.6) is 0 Å². The predicted octanol–water partition coefficient (Wildman–Crippen LogP) is 24.1. The number of rotatable bonds is 64. The van der Waals surface area contributed by atoms with Gasteiger partial charge in [-0.25, -0.2) is 0 Å². The Morgan fingerprint density at radius 1 is 0.263 bits per heavy atom. The van der Waals surface area contributed by atoms with E-state index in [4.69, 9.17) is 14.2 Å². The number of hydrogen-bond acceptors (Lipinski definition) is 6. The van der Waals surface area contributed by atoms with Gasteiger partial charge in [-0.05, 0) is 83.5 Å². The van der Waals surface area contributed by atoms with E-state index in [-0.39, 0.29) is 31.1 Å². The molecule has 0 bridgehead atoms. The zero-order chi connectivity index (χ0) is 57.8. The molecule has 0 spiro atoms. The van der Waals surface area contributed by atoms with Crippen molar-refractivity contribution in [2.75, 3.05) is 13.2 Å². The summed E-state index contributed by atoms with van der Waals surface area (Å²) >= 11 is 0. The van der Waals surface area contributed by atoms with E-state index < -0.39 is 6.10 Å². The van der Waals surface area contributed by atoms with E-state index in [1.54, 1.807) is 0 Å². The normalized spacial score (nSPS) is 12.5. The zero-order valence-electron chi connectivity index (χ0n) is 53.3. The van der Waals surface area contributed by atoms with Crippen LogP contribution in [-0.2, 0) is 28.6 Å². The quantitative estimate of drug-likeness (QED) is 0.0261. The lowest BCUT2D eigenvalue weighted by Crippen LogP contribution is -2.30. The molecule has 0 saturated carbocycles. The standard InChI is InChI=1S/C74H132O6/c1-4-7-10-13-16-19-22-25-27-29-31-33-35-37-39-40-42-44-46-49-52-55-58-61-64-67-73(76)79-70-71(69-78-72(75)66-63-60-57-54-51-48-24-21-18-15-12-9-6-3)80-74(77)68-65-62-59-56-53-50-47-45-43-41-38-36-34-32-30-28-26-23-20-17-14-11-8-5-2/h7,10,12,15-16,19,21,24-25,27,31,33,71H,4-6,8-9,11,13-14,17-18,20,22-23,26,28-30,32,34-70H2,1-3H3/b10-7-,15-12-,19-16-,24-21-,27-25-,33-31-. The lowest BCUT2D eigenvalue weighted by molar-refractivity contribution is -0.167. The molecule has 0 aromatic heterocycles. The maximum atomic E-state index is 13.0. The van der Waals surface area contributed by atoms with Gasteiger partial charge >= 0.3 is 17.9 Å². The molecule has 6 heteroatoms. The van der Waals surface area contributed by atoms with Crippen molar-refractivity contribution >= 4 is 17.9 Å². The second kappa shape index (κ2) is 68.3. The molecule has 0 fully saturated rings. The average Bonchev–Trinajstić information content (AvgIpc) is 3.46. The molecule has 0 N–H and O–H groups in total. The molecule has 0 aromatic carbocycles. The first-order valence-electron chi connectivity index (χ1n) is 34.9. The van der Waals surface area contributed by atoms with Crippen molar-refractivity contribution in [1.29, 1.82) is 0 Å². The maximum absolute atomic E-state index is 13.0. The van der Waals surface area contributed by atoms with Crippen LogP contribution in [0.25, 0.3) is 0 Å². The second-order valence-electron chi connectivity index (χ2n) is 23.4. The highest BCUT2D eigenvalue weighted by Gasteiger charge is 2.19. The molecule has 80 heavy (non-hydrogen) atoms. The van der Waals surface area contributed by atoms with Gasteiger partial charge in [0.05, 0.1) is 0 Å². The highest BCUT2D eigenvalue weighted by Crippen LogP contribution is 2.18. The molecular weight excluding hydrogens is 985 g/mol. The van der Waals surface area contributed by atoms with Crippen LogP contribution in [0.1, 0.15) is 361 Å². The van der Waals surface area contributed by atoms with E-state index >= 15 is 0 Å². The molecule has 1 unspecified atom stereocenters. The minimum atomic E-state index is -0.781. The van der Waals surface area contributed by atoms with Crippen LogP contribution < -0.4 is 0 Å². The fourth-order valence-electron chi connectivity index (χ4n) is 10.2. The molecular formula is C74H132O6. The van der Waals surface area contributed by atoms with Crippen molar-refractivity contribution < 1.29 is 28.6 Å². The molecule has 0 aliphatic carbocycles. The Labute approximate surface area is 497 Å². The summed E-state index contributed by atoms with van der Waals surface area (Å²) < 4.78 is 17.0. The van der Waals surface area contributed by atoms with Crippen LogP contribution in [0.3, 0.4) is 0 Å². The summed E-state index contributed by atoms with van der Waals surface area (Å²) in [6.07, 6.45) is 89.3. The number of esters is 3. The summed E-state index contributed by atoms with van der Waals surface area (Å²) in [5.74, 6) is -0.872. The van der Waals surface area contributed by atoms with Crippen LogP contribution in [0.2, 0.25) is 0 Å². The summed E-state index contributed by atoms with van der Waals surface area (Å²) in [7, 11) is 0. The van der Waals surface area contributed by atoms with E-state index in [2.05, 4.69) is 93.7 Å². The molecule has 0 saturated heterocycles. The van der Waals surface area contributed by atoms with Crippen LogP contribution in [-0.4, -0.2) is 37.2 Å². The third-order valence-corrected chi connectivity index (χ3v) is 15.4. The van der Waals surface area contributed by atoms with Crippen molar-refractivity contribution in [1.82, 2.24) is 0 Å². The fourth-order valence-corrected chi connectivity index (χ4v) is 10.2. The number of carbonyl (C=O) groups excluding carboxylic acids is 3. The van der Waals surface area contributed by atoms with Crippen molar-refractivity contribution in [3.05, 3.63) is 72.9 Å². The Balaban J connectivity index is 4.25. The maximum Gasteiger partial charge on any atom is 0.306 e. The number of ether oxygens (including phenoxy) is 3. The van der Waals surface area contributed by atoms with Gasteiger partial charge in [0.25, 0.3) is 0 Å². The molecule has 6 nitrogen and oxygen atoms in total. The summed E-state index contributed by atoms with van der Waals surface area (Å²) in [6.45, 7) is 6.51. The monoisotopic (exact) mass is 1120 g/mol. The minimum Gasteiger partial charge on any atom is -0.462 e. The number of unbranched alkanes of at least 4 members (excludes halogenated alkanes) is 41. The zero-order valence-corrected chi connectivity index (χ0v) is 53.3. The first kappa shape index (κ1) is 76.9. The molecule has 0 rings (SSSR count). The highest BCUT2D eigenvalue weighted by molar-refractivity contribution is 5.71. The fraction of sp³-hybridized carbons (Fsp3) is 0.797. The Bertz CT molecular complexity index is 1470. The third-order valence-electron chi connectivity index (χ3n) is 15.4. The van der Waals surface area contributed by atoms with Gasteiger partial charge < -0.3 is 14.2 Å². The molecule has 0 aliphatic heterocycles. The molecule has 0 aromatic rings. The van der Waals surface area contributed by atoms with Crippen LogP contribution in [0.4, 0.5) is 0 Å². The molecule has 1 atom stereocenters. The van der Waals surface area contributed by atoms with Crippen molar-refractivity contribution in [2.45, 2.75) is 367 Å². The van der Waals surface area contributed by atoms with Gasteiger partial charge in [-0.15, -0.1) is 0 Å². The smallest absolute Gasteiger partial charge is 0.306 e. The summed E-state index contributed by atoms with van der Waals surface area (Å²) in [5, 5.41) is 0. The number of hydrogen-bond donors (Lipinski definition) is 0. The largest absolute Gasteiger partial charge is 0.462 e. The lowest BCUT2D eigenvalue weighted by Gasteiger charge is -2.18. The number of allylic oxidation sites excluding steroid dienone is 12. The topological polar surface area (TPSA) is 78.9 Å². The first-order valence-corrected chi connectivity index (χ1v) is 34.9. The van der Waals surface area contributed by atoms with E-state index in [0.29, 0.717) is 19.3 Å². The average molecular weight is 1120 g/mol. The van der Waals surface area contributed by atoms with Crippen LogP contribution in [0, 0.1) is 0 Å². The molecule has 0 aliphatic rings. The van der Waals surface area contributed by atoms with Gasteiger partial charge in [-0.3, -0.25) is 14.4 Å². The summed E-state index contributed by atoms with van der Waals surface area (Å²) in [5.41, 5.74) is 0. The van der Waals surface area contributed by atoms with Crippen LogP contribution in [0.15, 0.2) is 72.9 Å². The Hall–Kier alpha value is -3.15. The minimum absolute atomic E-state index is 0.0773. The summed E-state index contributed by atoms with van der Waals surface area (Å²) in [6, 6.07) is 0. The van der Waals surface area contributed by atoms with Crippen molar-refractivity contribution in [2.24, 2.45) is 0 Å². The van der Waals surface area contributed by atoms with Crippen LogP contribution >= 0.6 is 0 Å². The van der Waals surface area contributed by atoms with Gasteiger partial charge in [-0.2, -0.15) is 0 Å². The Kier molecular flexibility index (Phi) is 65.7. The van der Waals surface area contributed by atoms with E-state index in [1.165, 1.54) is 212 Å². The lowest BCUT2D eigenvalue weighted by atomic mass is 10.0. The van der Waals surface area contributed by atoms with E-state index in [0.717, 1.165) is 109 Å². The molecule has 0 amide bonds. The van der Waals surface area contributed by atoms with E-state index in [9.17, 15) is 14.4 Å². The second-order valence-corrected chi connectivity index (χ2v) is 23.4. The number of carbonyl (C=O) groups is 3. The van der Waals surface area contributed by atoms with Gasteiger partial charge in [-0.1, -0.05) is 331 Å². The van der Waals surface area contributed by atoms with Gasteiger partial charge in [0.2, 0.25) is 0 Å². The third kappa shape index (κ3) is 65.7. The molecule has 464 valence electrons. The summed E-state index contributed by atoms with van der Waals surface area (Å²) in [4.78, 5) is 38.4. The Morgan fingerprint density at radius 3 is 0.812 bits per heavy atom. The first-order chi connectivity index (χ1) is 39.5. The highest BCUT2D eigenvalue weighted by atomic mass is 16.6. The van der Waals surface area contributed by atoms with Gasteiger partial charge in [0.15, 0.2) is 6.10 Å².